The molecule has 0 aromatic rings. The number of aliphatic hydroxyl groups excluding tert-OH is 5. The molecule has 0 aliphatic heterocycles. The summed E-state index contributed by atoms with van der Waals surface area (Å²) in [6.45, 7) is 2.80. The van der Waals surface area contributed by atoms with Gasteiger partial charge in [0.2, 0.25) is 0 Å². The van der Waals surface area contributed by atoms with Gasteiger partial charge in [-0.25, -0.2) is 9.13 Å². The molecule has 9 atom stereocenters. The van der Waals surface area contributed by atoms with Gasteiger partial charge in [0, 0.05) is 12.8 Å². The van der Waals surface area contributed by atoms with E-state index >= 15 is 0 Å². The summed E-state index contributed by atoms with van der Waals surface area (Å²) in [4.78, 5) is 54.3. The van der Waals surface area contributed by atoms with Gasteiger partial charge in [0.05, 0.1) is 12.7 Å². The number of unbranched alkanes of at least 4 members (excludes halogenated alkanes) is 7. The number of allylic oxidation sites excluding steroid dienone is 15. The Bertz CT molecular complexity index is 1730. The predicted molar refractivity (Wildman–Crippen MR) is 270 cm³/mol. The molecule has 1 aliphatic carbocycles. The van der Waals surface area contributed by atoms with Crippen molar-refractivity contribution in [1.29, 1.82) is 0 Å². The molecule has 0 saturated heterocycles. The molecule has 8 N–H and O–H groups in total. The third-order valence-electron chi connectivity index (χ3n) is 10.7. The minimum atomic E-state index is -5.38. The van der Waals surface area contributed by atoms with Gasteiger partial charge < -0.3 is 49.7 Å². The Morgan fingerprint density at radius 3 is 1.47 bits per heavy atom. The highest BCUT2D eigenvalue weighted by Crippen LogP contribution is 2.49. The normalized spacial score (nSPS) is 22.3. The molecule has 0 heterocycles. The van der Waals surface area contributed by atoms with E-state index in [1.165, 1.54) is 19.3 Å². The van der Waals surface area contributed by atoms with Gasteiger partial charge in [-0.3, -0.25) is 23.2 Å². The van der Waals surface area contributed by atoms with E-state index in [1.807, 2.05) is 37.3 Å². The highest BCUT2D eigenvalue weighted by atomic mass is 31.2. The quantitative estimate of drug-likeness (QED) is 0.0123. The molecule has 1 rings (SSSR count). The molecular formula is C51H84O17P2. The molecule has 0 radical (unpaired) electrons. The van der Waals surface area contributed by atoms with Crippen LogP contribution in [0.3, 0.4) is 0 Å². The molecule has 19 heteroatoms. The molecule has 70 heavy (non-hydrogen) atoms. The number of ether oxygens (including phenoxy) is 2. The molecule has 1 saturated carbocycles. The van der Waals surface area contributed by atoms with Gasteiger partial charge in [0.25, 0.3) is 0 Å². The lowest BCUT2D eigenvalue weighted by molar-refractivity contribution is -0.216. The van der Waals surface area contributed by atoms with Crippen LogP contribution in [0.15, 0.2) is 97.2 Å². The fourth-order valence-electron chi connectivity index (χ4n) is 6.84. The number of hydrogen-bond donors (Lipinski definition) is 8. The van der Waals surface area contributed by atoms with Crippen molar-refractivity contribution < 1.29 is 82.0 Å². The summed E-state index contributed by atoms with van der Waals surface area (Å²) in [5, 5.41) is 51.0. The van der Waals surface area contributed by atoms with Gasteiger partial charge in [0.15, 0.2) is 6.10 Å². The molecule has 0 amide bonds. The van der Waals surface area contributed by atoms with Gasteiger partial charge in [-0.1, -0.05) is 137 Å². The summed E-state index contributed by atoms with van der Waals surface area (Å²) >= 11 is 0. The second-order valence-electron chi connectivity index (χ2n) is 17.0. The maximum absolute atomic E-state index is 13.0. The Morgan fingerprint density at radius 1 is 0.514 bits per heavy atom. The number of esters is 2. The van der Waals surface area contributed by atoms with Crippen molar-refractivity contribution in [2.45, 2.75) is 198 Å². The van der Waals surface area contributed by atoms with E-state index < -0.39 is 83.5 Å². The molecule has 1 fully saturated rings. The van der Waals surface area contributed by atoms with E-state index in [4.69, 9.17) is 18.5 Å². The molecule has 400 valence electrons. The zero-order valence-corrected chi connectivity index (χ0v) is 43.1. The monoisotopic (exact) mass is 1030 g/mol. The minimum Gasteiger partial charge on any atom is -0.462 e. The summed E-state index contributed by atoms with van der Waals surface area (Å²) in [5.74, 6) is -1.34. The molecule has 0 bridgehead atoms. The summed E-state index contributed by atoms with van der Waals surface area (Å²) in [6, 6.07) is 0. The molecule has 6 unspecified atom stereocenters. The second kappa shape index (κ2) is 40.4. The van der Waals surface area contributed by atoms with Crippen molar-refractivity contribution in [3.8, 4) is 0 Å². The smallest absolute Gasteiger partial charge is 0.462 e. The number of phosphoric acid groups is 2. The summed E-state index contributed by atoms with van der Waals surface area (Å²) in [5.41, 5.74) is 0. The number of carbonyl (C=O) groups is 2. The fraction of sp³-hybridized carbons (Fsp3) is 0.647. The lowest BCUT2D eigenvalue weighted by Gasteiger charge is -2.43. The van der Waals surface area contributed by atoms with Crippen LogP contribution in [-0.4, -0.2) is 114 Å². The molecular weight excluding hydrogens is 946 g/mol. The van der Waals surface area contributed by atoms with E-state index in [-0.39, 0.29) is 18.9 Å². The van der Waals surface area contributed by atoms with E-state index in [9.17, 15) is 58.9 Å². The molecule has 0 aromatic heterocycles. The van der Waals surface area contributed by atoms with Crippen LogP contribution in [0.1, 0.15) is 149 Å². The van der Waals surface area contributed by atoms with Gasteiger partial charge in [-0.05, 0) is 96.3 Å². The van der Waals surface area contributed by atoms with Crippen molar-refractivity contribution in [2.24, 2.45) is 0 Å². The van der Waals surface area contributed by atoms with Gasteiger partial charge in [-0.2, -0.15) is 0 Å². The van der Waals surface area contributed by atoms with Crippen LogP contribution in [0.2, 0.25) is 0 Å². The van der Waals surface area contributed by atoms with Crippen LogP contribution in [-0.2, 0) is 41.8 Å². The first-order valence-corrected chi connectivity index (χ1v) is 27.9. The van der Waals surface area contributed by atoms with Gasteiger partial charge >= 0.3 is 27.6 Å². The Labute approximate surface area is 416 Å². The largest absolute Gasteiger partial charge is 0.472 e. The first-order chi connectivity index (χ1) is 33.5. The van der Waals surface area contributed by atoms with Crippen molar-refractivity contribution >= 4 is 27.6 Å². The molecule has 1 aliphatic rings. The van der Waals surface area contributed by atoms with E-state index in [0.29, 0.717) is 38.5 Å². The maximum Gasteiger partial charge on any atom is 0.472 e. The molecule has 17 nitrogen and oxygen atoms in total. The van der Waals surface area contributed by atoms with Crippen molar-refractivity contribution in [3.05, 3.63) is 97.2 Å². The lowest BCUT2D eigenvalue weighted by Crippen LogP contribution is -2.64. The molecule has 0 spiro atoms. The van der Waals surface area contributed by atoms with Crippen LogP contribution in [0.4, 0.5) is 0 Å². The van der Waals surface area contributed by atoms with Crippen LogP contribution in [0.5, 0.6) is 0 Å². The zero-order chi connectivity index (χ0) is 51.9. The topological polar surface area (TPSA) is 276 Å². The number of aliphatic hydroxyl groups is 5. The summed E-state index contributed by atoms with van der Waals surface area (Å²) in [6.07, 6.45) is 34.2. The zero-order valence-electron chi connectivity index (χ0n) is 41.3. The Hall–Kier alpha value is -3.12. The third-order valence-corrected chi connectivity index (χ3v) is 12.2. The van der Waals surface area contributed by atoms with Crippen LogP contribution < -0.4 is 0 Å². The maximum atomic E-state index is 13.0. The van der Waals surface area contributed by atoms with E-state index in [2.05, 4.69) is 78.3 Å². The Balaban J connectivity index is 2.65. The van der Waals surface area contributed by atoms with E-state index in [0.717, 1.165) is 64.2 Å². The second-order valence-corrected chi connectivity index (χ2v) is 19.6. The SMILES string of the molecule is CCCCC/C=C\C/C=C\C/C=C\C/C=C\CCCCCC(=O)O[C@H](COC(=O)CCC/C=C\C/C=C\C/C=C\C/C=C\CC(O)CCC)COP(=O)(O)O[C@H]1C(O)C(O)C(O)[C@@H](OP(=O)(O)O)C1O. The Morgan fingerprint density at radius 2 is 0.971 bits per heavy atom. The van der Waals surface area contributed by atoms with Crippen molar-refractivity contribution in [3.63, 3.8) is 0 Å². The van der Waals surface area contributed by atoms with Crippen molar-refractivity contribution in [2.75, 3.05) is 13.2 Å². The number of carbonyl (C=O) groups excluding carboxylic acids is 2. The van der Waals surface area contributed by atoms with Crippen LogP contribution in [0.25, 0.3) is 0 Å². The standard InChI is InChI=1S/C51H84O17P2/c1-3-5-6-7-8-9-10-11-12-13-14-15-16-19-23-26-29-32-35-39-45(54)66-43(41-65-70(62,63)68-51-48(57)46(55)47(56)50(49(51)58)67-69(59,60)61)40-64-44(53)38-34-31-28-25-22-20-17-18-21-24-27-30-33-37-42(52)36-4-2/h8-9,11-12,14-15,17,19-21,23-25,28,30,33,42-43,46-52,55-58H,3-7,10,13,16,18,22,26-27,29,31-32,34-41H2,1-2H3,(H,62,63)(H2,59,60,61)/b9-8-,12-11-,15-14-,20-17-,23-19-,24-21-,28-25-,33-30-/t42?,43-,46?,47?,48?,49?,50-,51+/m1/s1. The lowest BCUT2D eigenvalue weighted by atomic mass is 9.85. The van der Waals surface area contributed by atoms with Gasteiger partial charge in [0.1, 0.15) is 43.2 Å². The van der Waals surface area contributed by atoms with Crippen LogP contribution >= 0.6 is 15.6 Å². The highest BCUT2D eigenvalue weighted by molar-refractivity contribution is 7.47. The highest BCUT2D eigenvalue weighted by Gasteiger charge is 2.54. The minimum absolute atomic E-state index is 0.0169. The van der Waals surface area contributed by atoms with Crippen LogP contribution in [0, 0.1) is 0 Å². The average Bonchev–Trinajstić information content (AvgIpc) is 3.31. The average molecular weight is 1030 g/mol. The molecule has 0 aromatic carbocycles. The first kappa shape index (κ1) is 64.9. The Kier molecular flexibility index (Phi) is 37.4. The summed E-state index contributed by atoms with van der Waals surface area (Å²) < 4.78 is 49.3. The number of hydrogen-bond acceptors (Lipinski definition) is 14. The van der Waals surface area contributed by atoms with Gasteiger partial charge in [-0.15, -0.1) is 0 Å². The van der Waals surface area contributed by atoms with Crippen molar-refractivity contribution in [1.82, 2.24) is 0 Å². The number of phosphoric ester groups is 2. The first-order valence-electron chi connectivity index (χ1n) is 24.9. The number of rotatable bonds is 40. The third kappa shape index (κ3) is 34.3. The summed E-state index contributed by atoms with van der Waals surface area (Å²) in [7, 11) is -10.7. The predicted octanol–water partition coefficient (Wildman–Crippen LogP) is 8.92. The van der Waals surface area contributed by atoms with E-state index in [1.54, 1.807) is 0 Å². The fourth-order valence-corrected chi connectivity index (χ4v) is 8.38.